The number of ether oxygens (including phenoxy) is 1. The molecule has 0 saturated heterocycles. The molecule has 1 aliphatic carbocycles. The highest BCUT2D eigenvalue weighted by molar-refractivity contribution is 7.89. The minimum absolute atomic E-state index is 0.0000126. The molecule has 4 heterocycles. The largest absolute Gasteiger partial charge is 0.481 e. The Hall–Kier alpha value is -4.24. The number of carboxylic acids is 1. The summed E-state index contributed by atoms with van der Waals surface area (Å²) < 4.78 is 77.1. The number of carboxylic acid groups (broad SMARTS) is 1. The molecule has 1 aliphatic heterocycles. The molecule has 11 nitrogen and oxygen atoms in total. The number of pyridine rings is 2. The van der Waals surface area contributed by atoms with E-state index in [-0.39, 0.29) is 35.9 Å². The van der Waals surface area contributed by atoms with E-state index in [9.17, 15) is 31.5 Å². The van der Waals surface area contributed by atoms with Gasteiger partial charge in [0.25, 0.3) is 0 Å². The molecule has 2 aliphatic rings. The fourth-order valence-corrected chi connectivity index (χ4v) is 7.57. The van der Waals surface area contributed by atoms with Crippen LogP contribution >= 0.6 is 0 Å². The second kappa shape index (κ2) is 12.1. The summed E-state index contributed by atoms with van der Waals surface area (Å²) in [5.41, 5.74) is 2.15. The van der Waals surface area contributed by atoms with Gasteiger partial charge in [-0.15, -0.1) is 10.2 Å². The Bertz CT molecular complexity index is 1960. The SMILES string of the molecule is CCCCNc1ccc2c(n1)OC1(CC1)CN(Cc1cc([C@H](CC(=O)O)c3ccn4c(C(F)(F)F)nnc4c3C)ccc1C)S2(=O)=O. The normalized spacial score (nSPS) is 17.6. The number of anilines is 1. The van der Waals surface area contributed by atoms with Crippen molar-refractivity contribution in [2.75, 3.05) is 18.4 Å². The van der Waals surface area contributed by atoms with Crippen LogP contribution in [0.1, 0.15) is 78.6 Å². The molecule has 250 valence electrons. The van der Waals surface area contributed by atoms with Crippen molar-refractivity contribution in [2.24, 2.45) is 0 Å². The van der Waals surface area contributed by atoms with Crippen molar-refractivity contribution in [1.82, 2.24) is 23.9 Å². The maximum atomic E-state index is 14.1. The van der Waals surface area contributed by atoms with Gasteiger partial charge in [-0.25, -0.2) is 8.42 Å². The maximum absolute atomic E-state index is 14.1. The summed E-state index contributed by atoms with van der Waals surface area (Å²) >= 11 is 0. The van der Waals surface area contributed by atoms with E-state index >= 15 is 0 Å². The molecule has 1 fully saturated rings. The lowest BCUT2D eigenvalue weighted by Crippen LogP contribution is -2.38. The minimum atomic E-state index is -4.72. The van der Waals surface area contributed by atoms with E-state index < -0.39 is 39.5 Å². The summed E-state index contributed by atoms with van der Waals surface area (Å²) in [7, 11) is -4.04. The molecule has 0 unspecified atom stereocenters. The molecule has 1 aromatic carbocycles. The van der Waals surface area contributed by atoms with Crippen LogP contribution < -0.4 is 10.1 Å². The monoisotopic (exact) mass is 672 g/mol. The molecular formula is C32H35F3N6O5S. The number of aliphatic carboxylic acids is 1. The summed E-state index contributed by atoms with van der Waals surface area (Å²) in [6.45, 7) is 6.32. The van der Waals surface area contributed by atoms with Gasteiger partial charge in [-0.2, -0.15) is 22.5 Å². The van der Waals surface area contributed by atoms with Crippen LogP contribution in [-0.4, -0.2) is 62.1 Å². The van der Waals surface area contributed by atoms with Gasteiger partial charge in [0, 0.05) is 25.2 Å². The first-order valence-electron chi connectivity index (χ1n) is 15.4. The Morgan fingerprint density at radius 1 is 1.15 bits per heavy atom. The molecule has 15 heteroatoms. The fraction of sp³-hybridized carbons (Fsp3) is 0.438. The van der Waals surface area contributed by atoms with Crippen molar-refractivity contribution >= 4 is 27.5 Å². The number of aromatic nitrogens is 4. The minimum Gasteiger partial charge on any atom is -0.481 e. The number of carbonyl (C=O) groups is 1. The Morgan fingerprint density at radius 3 is 2.60 bits per heavy atom. The van der Waals surface area contributed by atoms with Crippen LogP contribution in [0.3, 0.4) is 0 Å². The lowest BCUT2D eigenvalue weighted by Gasteiger charge is -2.25. The number of nitrogens with zero attached hydrogens (tertiary/aromatic N) is 5. The average molecular weight is 673 g/mol. The smallest absolute Gasteiger partial charge is 0.452 e. The zero-order valence-corrected chi connectivity index (χ0v) is 27.0. The molecule has 1 saturated carbocycles. The third kappa shape index (κ3) is 6.38. The molecule has 0 radical (unpaired) electrons. The highest BCUT2D eigenvalue weighted by atomic mass is 32.2. The van der Waals surface area contributed by atoms with Crippen LogP contribution in [0.15, 0.2) is 47.5 Å². The molecule has 3 aromatic heterocycles. The number of aryl methyl sites for hydroxylation is 2. The van der Waals surface area contributed by atoms with E-state index in [4.69, 9.17) is 4.74 Å². The molecule has 1 spiro atoms. The van der Waals surface area contributed by atoms with E-state index in [1.54, 1.807) is 31.2 Å². The van der Waals surface area contributed by atoms with Crippen LogP contribution in [0.4, 0.5) is 19.0 Å². The Balaban J connectivity index is 1.36. The fourth-order valence-electron chi connectivity index (χ4n) is 6.03. The lowest BCUT2D eigenvalue weighted by molar-refractivity contribution is -0.145. The second-order valence-corrected chi connectivity index (χ2v) is 14.2. The van der Waals surface area contributed by atoms with Crippen LogP contribution in [0.25, 0.3) is 5.65 Å². The third-order valence-electron chi connectivity index (χ3n) is 8.86. The van der Waals surface area contributed by atoms with Gasteiger partial charge in [-0.1, -0.05) is 31.5 Å². The van der Waals surface area contributed by atoms with Crippen molar-refractivity contribution in [3.05, 3.63) is 76.2 Å². The number of rotatable bonds is 10. The van der Waals surface area contributed by atoms with Crippen molar-refractivity contribution in [3.63, 3.8) is 0 Å². The Morgan fingerprint density at radius 2 is 1.91 bits per heavy atom. The number of unbranched alkanes of at least 4 members (excludes halogenated alkanes) is 1. The number of alkyl halides is 3. The highest BCUT2D eigenvalue weighted by Gasteiger charge is 2.52. The first kappa shape index (κ1) is 32.7. The molecule has 0 amide bonds. The van der Waals surface area contributed by atoms with Crippen LogP contribution in [-0.2, 0) is 27.5 Å². The summed E-state index contributed by atoms with van der Waals surface area (Å²) in [5, 5.41) is 20.1. The average Bonchev–Trinajstić information content (AvgIpc) is 3.61. The zero-order chi connectivity index (χ0) is 33.7. The van der Waals surface area contributed by atoms with Crippen LogP contribution in [0.5, 0.6) is 5.88 Å². The van der Waals surface area contributed by atoms with Crippen LogP contribution in [0.2, 0.25) is 0 Å². The molecule has 4 aromatic rings. The number of fused-ring (bicyclic) bond motifs is 2. The Labute approximate surface area is 269 Å². The van der Waals surface area contributed by atoms with Gasteiger partial charge in [0.15, 0.2) is 5.65 Å². The van der Waals surface area contributed by atoms with Gasteiger partial charge < -0.3 is 15.2 Å². The summed E-state index contributed by atoms with van der Waals surface area (Å²) in [6, 6.07) is 9.93. The summed E-state index contributed by atoms with van der Waals surface area (Å²) in [4.78, 5) is 16.5. The number of sulfonamides is 1. The van der Waals surface area contributed by atoms with E-state index in [1.807, 2.05) is 6.92 Å². The van der Waals surface area contributed by atoms with Gasteiger partial charge in [-0.05, 0) is 79.1 Å². The van der Waals surface area contributed by atoms with Gasteiger partial charge in [0.2, 0.25) is 21.7 Å². The van der Waals surface area contributed by atoms with Gasteiger partial charge in [-0.3, -0.25) is 9.20 Å². The summed E-state index contributed by atoms with van der Waals surface area (Å²) in [6.07, 6.45) is -0.595. The Kier molecular flexibility index (Phi) is 8.41. The molecular weight excluding hydrogens is 637 g/mol. The van der Waals surface area contributed by atoms with Crippen molar-refractivity contribution < 1.29 is 36.2 Å². The maximum Gasteiger partial charge on any atom is 0.452 e. The number of benzene rings is 1. The number of hydrogen-bond acceptors (Lipinski definition) is 8. The predicted molar refractivity (Wildman–Crippen MR) is 166 cm³/mol. The zero-order valence-electron chi connectivity index (χ0n) is 26.1. The molecule has 1 atom stereocenters. The van der Waals surface area contributed by atoms with E-state index in [1.165, 1.54) is 22.6 Å². The quantitative estimate of drug-likeness (QED) is 0.203. The topological polar surface area (TPSA) is 139 Å². The summed E-state index contributed by atoms with van der Waals surface area (Å²) in [5.74, 6) is -2.42. The third-order valence-corrected chi connectivity index (χ3v) is 10.7. The first-order valence-corrected chi connectivity index (χ1v) is 16.8. The van der Waals surface area contributed by atoms with Crippen molar-refractivity contribution in [1.29, 1.82) is 0 Å². The molecule has 0 bridgehead atoms. The van der Waals surface area contributed by atoms with Gasteiger partial charge >= 0.3 is 12.1 Å². The van der Waals surface area contributed by atoms with Crippen LogP contribution in [0, 0.1) is 13.8 Å². The van der Waals surface area contributed by atoms with E-state index in [0.29, 0.717) is 47.5 Å². The van der Waals surface area contributed by atoms with Gasteiger partial charge in [0.1, 0.15) is 16.3 Å². The lowest BCUT2D eigenvalue weighted by atomic mass is 9.85. The molecule has 6 rings (SSSR count). The number of nitrogens with one attached hydrogen (secondary N) is 1. The highest BCUT2D eigenvalue weighted by Crippen LogP contribution is 2.46. The number of halogens is 3. The standard InChI is InChI=1S/C32H35F3N6O5S/c1-4-5-13-36-26-9-8-25-29(37-26)46-31(11-12-31)18-40(47(25,44)45)17-22-15-21(7-6-19(22)2)24(16-27(42)43)23-10-14-41-28(20(23)3)38-39-30(41)32(33,34)35/h6-10,14-15,24H,4-5,11-13,16-18H2,1-3H3,(H,36,37)(H,42,43)/t24-/m0/s1. The van der Waals surface area contributed by atoms with Crippen molar-refractivity contribution in [3.8, 4) is 5.88 Å². The van der Waals surface area contributed by atoms with E-state index in [2.05, 4.69) is 27.4 Å². The van der Waals surface area contributed by atoms with Crippen molar-refractivity contribution in [2.45, 2.75) is 82.0 Å². The molecule has 47 heavy (non-hydrogen) atoms. The second-order valence-electron chi connectivity index (χ2n) is 12.3. The molecule has 2 N–H and O–H groups in total. The number of hydrogen-bond donors (Lipinski definition) is 2. The predicted octanol–water partition coefficient (Wildman–Crippen LogP) is 5.69. The first-order chi connectivity index (χ1) is 22.2. The van der Waals surface area contributed by atoms with Gasteiger partial charge in [0.05, 0.1) is 13.0 Å². The van der Waals surface area contributed by atoms with E-state index in [0.717, 1.165) is 22.8 Å².